The summed E-state index contributed by atoms with van der Waals surface area (Å²) < 4.78 is 26.6. The predicted octanol–water partition coefficient (Wildman–Crippen LogP) is 2.49. The Morgan fingerprint density at radius 2 is 1.80 bits per heavy atom. The van der Waals surface area contributed by atoms with Crippen molar-refractivity contribution in [2.45, 2.75) is 37.8 Å². The smallest absolute Gasteiger partial charge is 0.222 e. The Morgan fingerprint density at radius 3 is 2.52 bits per heavy atom. The van der Waals surface area contributed by atoms with Gasteiger partial charge in [0.25, 0.3) is 0 Å². The average Bonchev–Trinajstić information content (AvgIpc) is 2.91. The number of amides is 1. The zero-order valence-electron chi connectivity index (χ0n) is 14.6. The van der Waals surface area contributed by atoms with E-state index in [2.05, 4.69) is 9.80 Å². The highest BCUT2D eigenvalue weighted by Gasteiger charge is 2.42. The first kappa shape index (κ1) is 16.8. The number of anilines is 1. The van der Waals surface area contributed by atoms with Gasteiger partial charge in [0.2, 0.25) is 5.91 Å². The zero-order valence-corrected chi connectivity index (χ0v) is 14.6. The van der Waals surface area contributed by atoms with Crippen LogP contribution in [0.15, 0.2) is 18.2 Å². The van der Waals surface area contributed by atoms with Crippen molar-refractivity contribution < 1.29 is 13.6 Å². The maximum absolute atomic E-state index is 13.4. The van der Waals surface area contributed by atoms with Crippen molar-refractivity contribution in [1.29, 1.82) is 0 Å². The standard InChI is InChI=1S/C19H25F2N3O/c1-22-18-6-9-24(12-13(18)10-19(22)25)14-4-7-23(8-5-14)15-2-3-16(20)17(21)11-15/h2-3,11,13-14,18H,4-10,12H2,1H3/t13-,18+/m1/s1. The molecule has 3 aliphatic rings. The van der Waals surface area contributed by atoms with Crippen LogP contribution in [0.4, 0.5) is 14.5 Å². The molecule has 4 rings (SSSR count). The first-order valence-corrected chi connectivity index (χ1v) is 9.22. The molecule has 136 valence electrons. The van der Waals surface area contributed by atoms with Crippen LogP contribution >= 0.6 is 0 Å². The van der Waals surface area contributed by atoms with Crippen molar-refractivity contribution in [2.24, 2.45) is 5.92 Å². The number of carbonyl (C=O) groups excluding carboxylic acids is 1. The minimum absolute atomic E-state index is 0.282. The molecule has 25 heavy (non-hydrogen) atoms. The monoisotopic (exact) mass is 349 g/mol. The molecule has 3 fully saturated rings. The number of hydrogen-bond donors (Lipinski definition) is 0. The fourth-order valence-electron chi connectivity index (χ4n) is 4.81. The summed E-state index contributed by atoms with van der Waals surface area (Å²) in [7, 11) is 1.93. The van der Waals surface area contributed by atoms with Gasteiger partial charge in [0.05, 0.1) is 0 Å². The van der Waals surface area contributed by atoms with Crippen LogP contribution in [0.3, 0.4) is 0 Å². The Bertz CT molecular complexity index is 660. The summed E-state index contributed by atoms with van der Waals surface area (Å²) >= 11 is 0. The Balaban J connectivity index is 1.35. The normalized spacial score (nSPS) is 28.5. The molecule has 6 heteroatoms. The lowest BCUT2D eigenvalue weighted by Gasteiger charge is -2.44. The molecule has 0 N–H and O–H groups in total. The van der Waals surface area contributed by atoms with Crippen LogP contribution in [0.1, 0.15) is 25.7 Å². The molecule has 3 heterocycles. The van der Waals surface area contributed by atoms with Crippen LogP contribution in [-0.2, 0) is 4.79 Å². The summed E-state index contributed by atoms with van der Waals surface area (Å²) in [4.78, 5) is 18.5. The van der Waals surface area contributed by atoms with Gasteiger partial charge in [-0.15, -0.1) is 0 Å². The molecular formula is C19H25F2N3O. The van der Waals surface area contributed by atoms with E-state index in [4.69, 9.17) is 0 Å². The molecule has 3 aliphatic heterocycles. The molecule has 0 bridgehead atoms. The van der Waals surface area contributed by atoms with Crippen LogP contribution in [0.2, 0.25) is 0 Å². The van der Waals surface area contributed by atoms with Crippen molar-refractivity contribution in [3.8, 4) is 0 Å². The van der Waals surface area contributed by atoms with Crippen molar-refractivity contribution in [1.82, 2.24) is 9.80 Å². The highest BCUT2D eigenvalue weighted by atomic mass is 19.2. The van der Waals surface area contributed by atoms with Gasteiger partial charge < -0.3 is 9.80 Å². The molecule has 0 spiro atoms. The van der Waals surface area contributed by atoms with Crippen molar-refractivity contribution in [2.75, 3.05) is 38.1 Å². The van der Waals surface area contributed by atoms with Crippen LogP contribution in [0, 0.1) is 17.6 Å². The number of hydrogen-bond acceptors (Lipinski definition) is 3. The summed E-state index contributed by atoms with van der Waals surface area (Å²) in [5.41, 5.74) is 0.763. The SMILES string of the molecule is CN1C(=O)C[C@@H]2CN(C3CCN(c4ccc(F)c(F)c4)CC3)CC[C@@H]21. The Kier molecular flexibility index (Phi) is 4.40. The molecule has 2 atom stereocenters. The van der Waals surface area contributed by atoms with Crippen LogP contribution in [0.25, 0.3) is 0 Å². The van der Waals surface area contributed by atoms with Gasteiger partial charge in [0.15, 0.2) is 11.6 Å². The van der Waals surface area contributed by atoms with E-state index in [-0.39, 0.29) is 5.91 Å². The summed E-state index contributed by atoms with van der Waals surface area (Å²) in [6.45, 7) is 3.78. The third kappa shape index (κ3) is 3.12. The van der Waals surface area contributed by atoms with Crippen molar-refractivity contribution in [3.63, 3.8) is 0 Å². The maximum atomic E-state index is 13.4. The van der Waals surface area contributed by atoms with Crippen LogP contribution < -0.4 is 4.90 Å². The van der Waals surface area contributed by atoms with E-state index >= 15 is 0 Å². The van der Waals surface area contributed by atoms with Gasteiger partial charge in [-0.25, -0.2) is 8.78 Å². The van der Waals surface area contributed by atoms with E-state index in [1.807, 2.05) is 11.9 Å². The molecule has 1 aromatic rings. The second-order valence-corrected chi connectivity index (χ2v) is 7.64. The van der Waals surface area contributed by atoms with Gasteiger partial charge in [-0.1, -0.05) is 0 Å². The van der Waals surface area contributed by atoms with Gasteiger partial charge in [-0.3, -0.25) is 9.69 Å². The second-order valence-electron chi connectivity index (χ2n) is 7.64. The number of rotatable bonds is 2. The average molecular weight is 349 g/mol. The van der Waals surface area contributed by atoms with Gasteiger partial charge in [0.1, 0.15) is 0 Å². The molecule has 0 saturated carbocycles. The maximum Gasteiger partial charge on any atom is 0.222 e. The summed E-state index contributed by atoms with van der Waals surface area (Å²) in [6.07, 6.45) is 3.81. The lowest BCUT2D eigenvalue weighted by Crippen LogP contribution is -2.52. The number of carbonyl (C=O) groups is 1. The summed E-state index contributed by atoms with van der Waals surface area (Å²) in [5, 5.41) is 0. The minimum atomic E-state index is -0.794. The second kappa shape index (κ2) is 6.56. The number of piperidine rings is 2. The van der Waals surface area contributed by atoms with E-state index in [0.29, 0.717) is 24.4 Å². The molecule has 0 aliphatic carbocycles. The van der Waals surface area contributed by atoms with E-state index in [1.54, 1.807) is 6.07 Å². The Labute approximate surface area is 147 Å². The first-order valence-electron chi connectivity index (χ1n) is 9.22. The number of likely N-dealkylation sites (tertiary alicyclic amines) is 2. The first-order chi connectivity index (χ1) is 12.0. The molecule has 1 aromatic carbocycles. The molecule has 1 amide bonds. The Morgan fingerprint density at radius 1 is 1.04 bits per heavy atom. The largest absolute Gasteiger partial charge is 0.371 e. The molecule has 0 radical (unpaired) electrons. The van der Waals surface area contributed by atoms with E-state index < -0.39 is 11.6 Å². The summed E-state index contributed by atoms with van der Waals surface area (Å²) in [5.74, 6) is -0.824. The number of benzene rings is 1. The van der Waals surface area contributed by atoms with Crippen LogP contribution in [-0.4, -0.2) is 61.0 Å². The highest BCUT2D eigenvalue weighted by molar-refractivity contribution is 5.79. The topological polar surface area (TPSA) is 26.8 Å². The van der Waals surface area contributed by atoms with E-state index in [1.165, 1.54) is 12.1 Å². The number of halogens is 2. The van der Waals surface area contributed by atoms with Gasteiger partial charge >= 0.3 is 0 Å². The van der Waals surface area contributed by atoms with E-state index in [9.17, 15) is 13.6 Å². The molecule has 4 nitrogen and oxygen atoms in total. The number of nitrogens with zero attached hydrogens (tertiary/aromatic N) is 3. The summed E-state index contributed by atoms with van der Waals surface area (Å²) in [6, 6.07) is 5.11. The fraction of sp³-hybridized carbons (Fsp3) is 0.632. The van der Waals surface area contributed by atoms with Gasteiger partial charge in [-0.2, -0.15) is 0 Å². The molecule has 0 unspecified atom stereocenters. The Hall–Kier alpha value is -1.69. The zero-order chi connectivity index (χ0) is 17.6. The lowest BCUT2D eigenvalue weighted by molar-refractivity contribution is -0.127. The number of fused-ring (bicyclic) bond motifs is 1. The van der Waals surface area contributed by atoms with E-state index in [0.717, 1.165) is 51.1 Å². The fourth-order valence-corrected chi connectivity index (χ4v) is 4.81. The third-order valence-corrected chi connectivity index (χ3v) is 6.30. The predicted molar refractivity (Wildman–Crippen MR) is 92.4 cm³/mol. The molecule has 3 saturated heterocycles. The molecular weight excluding hydrogens is 324 g/mol. The van der Waals surface area contributed by atoms with Gasteiger partial charge in [-0.05, 0) is 31.4 Å². The highest BCUT2D eigenvalue weighted by Crippen LogP contribution is 2.33. The van der Waals surface area contributed by atoms with Crippen molar-refractivity contribution >= 4 is 11.6 Å². The quantitative estimate of drug-likeness (QED) is 0.821. The van der Waals surface area contributed by atoms with Gasteiger partial charge in [0, 0.05) is 69.4 Å². The lowest BCUT2D eigenvalue weighted by atomic mass is 9.90. The van der Waals surface area contributed by atoms with Crippen molar-refractivity contribution in [3.05, 3.63) is 29.8 Å². The van der Waals surface area contributed by atoms with Crippen LogP contribution in [0.5, 0.6) is 0 Å². The minimum Gasteiger partial charge on any atom is -0.371 e. The molecule has 0 aromatic heterocycles. The third-order valence-electron chi connectivity index (χ3n) is 6.30.